The highest BCUT2D eigenvalue weighted by atomic mass is 16.5. The van der Waals surface area contributed by atoms with E-state index in [2.05, 4.69) is 24.1 Å². The van der Waals surface area contributed by atoms with Crippen LogP contribution in [0.15, 0.2) is 0 Å². The van der Waals surface area contributed by atoms with Gasteiger partial charge in [-0.3, -0.25) is 0 Å². The van der Waals surface area contributed by atoms with Gasteiger partial charge in [-0.15, -0.1) is 0 Å². The standard InChI is InChI=1S/C17H31N3O2/c1-14-5-3-8-19(11-14)12-15(2)18-16(21)20-9-10-22-17(13-20)6-4-7-17/h14-15H,3-13H2,1-2H3,(H,18,21)/t14-,15-/m0/s1. The van der Waals surface area contributed by atoms with Crippen molar-refractivity contribution in [3.63, 3.8) is 0 Å². The van der Waals surface area contributed by atoms with Gasteiger partial charge in [-0.05, 0) is 51.5 Å². The molecule has 3 rings (SSSR count). The van der Waals surface area contributed by atoms with Crippen LogP contribution in [0.2, 0.25) is 0 Å². The Bertz CT molecular complexity index is 397. The first-order chi connectivity index (χ1) is 10.6. The number of ether oxygens (including phenoxy) is 1. The van der Waals surface area contributed by atoms with Gasteiger partial charge in [0.1, 0.15) is 0 Å². The Morgan fingerprint density at radius 3 is 2.86 bits per heavy atom. The van der Waals surface area contributed by atoms with Crippen molar-refractivity contribution in [1.29, 1.82) is 0 Å². The number of rotatable bonds is 3. The van der Waals surface area contributed by atoms with Crippen LogP contribution in [0.3, 0.4) is 0 Å². The van der Waals surface area contributed by atoms with E-state index in [-0.39, 0.29) is 17.7 Å². The van der Waals surface area contributed by atoms with Gasteiger partial charge >= 0.3 is 6.03 Å². The number of likely N-dealkylation sites (tertiary alicyclic amines) is 1. The second kappa shape index (κ2) is 6.75. The first kappa shape index (κ1) is 16.1. The highest BCUT2D eigenvalue weighted by Crippen LogP contribution is 2.38. The van der Waals surface area contributed by atoms with Gasteiger partial charge in [0, 0.05) is 25.7 Å². The number of nitrogens with zero attached hydrogens (tertiary/aromatic N) is 2. The molecule has 2 saturated heterocycles. The maximum absolute atomic E-state index is 12.5. The molecular formula is C17H31N3O2. The first-order valence-electron chi connectivity index (χ1n) is 8.98. The van der Waals surface area contributed by atoms with Crippen molar-refractivity contribution >= 4 is 6.03 Å². The SMILES string of the molecule is C[C@H]1CCCN(C[C@H](C)NC(=O)N2CCOC3(CCC3)C2)C1. The molecule has 22 heavy (non-hydrogen) atoms. The van der Waals surface area contributed by atoms with Gasteiger partial charge in [-0.1, -0.05) is 6.92 Å². The maximum Gasteiger partial charge on any atom is 0.317 e. The van der Waals surface area contributed by atoms with Gasteiger partial charge in [-0.25, -0.2) is 4.79 Å². The lowest BCUT2D eigenvalue weighted by atomic mass is 9.79. The molecule has 126 valence electrons. The zero-order valence-electron chi connectivity index (χ0n) is 14.1. The minimum atomic E-state index is -0.0128. The molecule has 2 amide bonds. The highest BCUT2D eigenvalue weighted by molar-refractivity contribution is 5.74. The molecule has 2 heterocycles. The van der Waals surface area contributed by atoms with E-state index in [1.54, 1.807) is 0 Å². The second-order valence-corrected chi connectivity index (χ2v) is 7.66. The van der Waals surface area contributed by atoms with Crippen molar-refractivity contribution in [2.75, 3.05) is 39.3 Å². The van der Waals surface area contributed by atoms with E-state index in [0.29, 0.717) is 6.61 Å². The molecule has 1 saturated carbocycles. The molecule has 2 atom stereocenters. The minimum Gasteiger partial charge on any atom is -0.371 e. The molecule has 3 fully saturated rings. The molecule has 1 aliphatic carbocycles. The summed E-state index contributed by atoms with van der Waals surface area (Å²) in [7, 11) is 0. The summed E-state index contributed by atoms with van der Waals surface area (Å²) in [6.45, 7) is 9.92. The molecule has 0 unspecified atom stereocenters. The van der Waals surface area contributed by atoms with Crippen LogP contribution in [-0.2, 0) is 4.74 Å². The summed E-state index contributed by atoms with van der Waals surface area (Å²) in [5.74, 6) is 0.786. The largest absolute Gasteiger partial charge is 0.371 e. The lowest BCUT2D eigenvalue weighted by Crippen LogP contribution is -2.60. The third-order valence-electron chi connectivity index (χ3n) is 5.44. The second-order valence-electron chi connectivity index (χ2n) is 7.66. The molecule has 5 heteroatoms. The summed E-state index contributed by atoms with van der Waals surface area (Å²) < 4.78 is 5.89. The fourth-order valence-electron chi connectivity index (χ4n) is 4.08. The molecule has 1 N–H and O–H groups in total. The predicted molar refractivity (Wildman–Crippen MR) is 86.9 cm³/mol. The van der Waals surface area contributed by atoms with Crippen LogP contribution < -0.4 is 5.32 Å². The van der Waals surface area contributed by atoms with E-state index in [4.69, 9.17) is 4.74 Å². The molecule has 2 aliphatic heterocycles. The summed E-state index contributed by atoms with van der Waals surface area (Å²) in [5, 5.41) is 3.19. The Labute approximate surface area is 134 Å². The van der Waals surface area contributed by atoms with E-state index in [1.807, 2.05) is 4.90 Å². The number of morpholine rings is 1. The predicted octanol–water partition coefficient (Wildman–Crippen LogP) is 2.07. The number of carbonyl (C=O) groups is 1. The van der Waals surface area contributed by atoms with Crippen LogP contribution in [0.4, 0.5) is 4.79 Å². The smallest absolute Gasteiger partial charge is 0.317 e. The van der Waals surface area contributed by atoms with E-state index in [9.17, 15) is 4.79 Å². The molecule has 1 spiro atoms. The van der Waals surface area contributed by atoms with Gasteiger partial charge in [0.25, 0.3) is 0 Å². The lowest BCUT2D eigenvalue weighted by molar-refractivity contribution is -0.141. The zero-order valence-corrected chi connectivity index (χ0v) is 14.1. The molecular weight excluding hydrogens is 278 g/mol. The average Bonchev–Trinajstić information content (AvgIpc) is 2.45. The van der Waals surface area contributed by atoms with Gasteiger partial charge in [0.2, 0.25) is 0 Å². The van der Waals surface area contributed by atoms with E-state index >= 15 is 0 Å². The monoisotopic (exact) mass is 309 g/mol. The van der Waals surface area contributed by atoms with Gasteiger partial charge < -0.3 is 19.9 Å². The number of nitrogens with one attached hydrogen (secondary N) is 1. The van der Waals surface area contributed by atoms with Gasteiger partial charge in [0.15, 0.2) is 0 Å². The molecule has 0 radical (unpaired) electrons. The van der Waals surface area contributed by atoms with Crippen LogP contribution in [0.1, 0.15) is 46.0 Å². The van der Waals surface area contributed by atoms with E-state index in [1.165, 1.54) is 32.4 Å². The molecule has 0 aromatic carbocycles. The molecule has 3 aliphatic rings. The van der Waals surface area contributed by atoms with Crippen molar-refractivity contribution in [1.82, 2.24) is 15.1 Å². The van der Waals surface area contributed by atoms with Crippen molar-refractivity contribution in [2.45, 2.75) is 57.6 Å². The van der Waals surface area contributed by atoms with E-state index < -0.39 is 0 Å². The van der Waals surface area contributed by atoms with Crippen molar-refractivity contribution in [3.8, 4) is 0 Å². The molecule has 0 bridgehead atoms. The third-order valence-corrected chi connectivity index (χ3v) is 5.44. The summed E-state index contributed by atoms with van der Waals surface area (Å²) in [4.78, 5) is 16.9. The minimum absolute atomic E-state index is 0.0128. The fraction of sp³-hybridized carbons (Fsp3) is 0.941. The zero-order chi connectivity index (χ0) is 15.6. The average molecular weight is 309 g/mol. The van der Waals surface area contributed by atoms with Crippen LogP contribution >= 0.6 is 0 Å². The third kappa shape index (κ3) is 3.74. The number of urea groups is 1. The van der Waals surface area contributed by atoms with Crippen molar-refractivity contribution in [2.24, 2.45) is 5.92 Å². The summed E-state index contributed by atoms with van der Waals surface area (Å²) >= 11 is 0. The number of hydrogen-bond donors (Lipinski definition) is 1. The van der Waals surface area contributed by atoms with Crippen LogP contribution in [0.5, 0.6) is 0 Å². The summed E-state index contributed by atoms with van der Waals surface area (Å²) in [5.41, 5.74) is -0.0128. The Kier molecular flexibility index (Phi) is 4.93. The quantitative estimate of drug-likeness (QED) is 0.868. The normalized spacial score (nSPS) is 29.9. The fourth-order valence-corrected chi connectivity index (χ4v) is 4.08. The van der Waals surface area contributed by atoms with Crippen molar-refractivity contribution < 1.29 is 9.53 Å². The summed E-state index contributed by atoms with van der Waals surface area (Å²) in [6.07, 6.45) is 6.08. The maximum atomic E-state index is 12.5. The van der Waals surface area contributed by atoms with Crippen molar-refractivity contribution in [3.05, 3.63) is 0 Å². The molecule has 5 nitrogen and oxygen atoms in total. The number of hydrogen-bond acceptors (Lipinski definition) is 3. The Hall–Kier alpha value is -0.810. The Balaban J connectivity index is 1.44. The lowest BCUT2D eigenvalue weighted by Gasteiger charge is -2.48. The summed E-state index contributed by atoms with van der Waals surface area (Å²) in [6, 6.07) is 0.296. The number of amides is 2. The van der Waals surface area contributed by atoms with Crippen LogP contribution in [0, 0.1) is 5.92 Å². The Morgan fingerprint density at radius 2 is 2.18 bits per heavy atom. The van der Waals surface area contributed by atoms with E-state index in [0.717, 1.165) is 38.4 Å². The van der Waals surface area contributed by atoms with Crippen LogP contribution in [-0.4, -0.2) is 66.8 Å². The number of piperidine rings is 1. The topological polar surface area (TPSA) is 44.8 Å². The molecule has 0 aromatic rings. The first-order valence-corrected chi connectivity index (χ1v) is 8.98. The van der Waals surface area contributed by atoms with Gasteiger partial charge in [0.05, 0.1) is 18.8 Å². The number of carbonyl (C=O) groups excluding carboxylic acids is 1. The van der Waals surface area contributed by atoms with Crippen LogP contribution in [0.25, 0.3) is 0 Å². The highest BCUT2D eigenvalue weighted by Gasteiger charge is 2.43. The van der Waals surface area contributed by atoms with Gasteiger partial charge in [-0.2, -0.15) is 0 Å². The Morgan fingerprint density at radius 1 is 1.36 bits per heavy atom. The molecule has 0 aromatic heterocycles.